The molecule has 0 aliphatic heterocycles. The van der Waals surface area contributed by atoms with Crippen molar-refractivity contribution in [3.8, 4) is 0 Å². The third-order valence-electron chi connectivity index (χ3n) is 6.30. The molecule has 0 saturated heterocycles. The fourth-order valence-electron chi connectivity index (χ4n) is 3.49. The number of hydrogen-bond acceptors (Lipinski definition) is 16. The Morgan fingerprint density at radius 3 is 0.690 bits per heavy atom. The second kappa shape index (κ2) is 27.9. The van der Waals surface area contributed by atoms with Crippen molar-refractivity contribution in [2.45, 2.75) is 37.0 Å². The molecule has 0 heterocycles. The largest absolute Gasteiger partial charge is 0.501 e. The molecule has 42 heavy (non-hydrogen) atoms. The van der Waals surface area contributed by atoms with Crippen LogP contribution in [0.25, 0.3) is 0 Å². The van der Waals surface area contributed by atoms with Gasteiger partial charge < -0.3 is 53.1 Å². The first-order valence-corrected chi connectivity index (χ1v) is 26.0. The molecule has 0 rings (SSSR count). The highest BCUT2D eigenvalue weighted by molar-refractivity contribution is 8.77. The second-order valence-corrected chi connectivity index (χ2v) is 25.9. The molecule has 0 aromatic carbocycles. The van der Waals surface area contributed by atoms with Gasteiger partial charge in [-0.25, -0.2) is 0 Å². The van der Waals surface area contributed by atoms with Crippen molar-refractivity contribution in [3.05, 3.63) is 0 Å². The molecule has 0 aliphatic rings. The van der Waals surface area contributed by atoms with Crippen LogP contribution in [0, 0.1) is 0 Å². The summed E-state index contributed by atoms with van der Waals surface area (Å²) in [5, 5.41) is 0. The van der Waals surface area contributed by atoms with Gasteiger partial charge >= 0.3 is 35.2 Å². The molecular formula is C22H56O12S4Si4. The van der Waals surface area contributed by atoms with E-state index in [-0.39, 0.29) is 0 Å². The van der Waals surface area contributed by atoms with Crippen molar-refractivity contribution in [3.63, 3.8) is 0 Å². The third-order valence-corrected chi connectivity index (χ3v) is 23.1. The predicted molar refractivity (Wildman–Crippen MR) is 185 cm³/mol. The van der Waals surface area contributed by atoms with Crippen LogP contribution in [0.3, 0.4) is 0 Å². The highest BCUT2D eigenvalue weighted by Gasteiger charge is 2.39. The van der Waals surface area contributed by atoms with E-state index in [1.54, 1.807) is 107 Å². The van der Waals surface area contributed by atoms with E-state index >= 15 is 0 Å². The zero-order chi connectivity index (χ0) is 32.4. The van der Waals surface area contributed by atoms with Gasteiger partial charge in [0.15, 0.2) is 0 Å². The van der Waals surface area contributed by atoms with Crippen molar-refractivity contribution < 1.29 is 53.1 Å². The Kier molecular flexibility index (Phi) is 30.5. The van der Waals surface area contributed by atoms with Gasteiger partial charge in [0.1, 0.15) is 0 Å². The lowest BCUT2D eigenvalue weighted by Crippen LogP contribution is -2.43. The quantitative estimate of drug-likeness (QED) is 0.0605. The highest BCUT2D eigenvalue weighted by atomic mass is 33.1. The first kappa shape index (κ1) is 45.9. The van der Waals surface area contributed by atoms with Crippen LogP contribution in [0.4, 0.5) is 0 Å². The first-order valence-electron chi connectivity index (χ1n) is 13.3. The lowest BCUT2D eigenvalue weighted by molar-refractivity contribution is 0.123. The summed E-state index contributed by atoms with van der Waals surface area (Å²) >= 11 is 0. The molecule has 12 nitrogen and oxygen atoms in total. The predicted octanol–water partition coefficient (Wildman–Crippen LogP) is 5.03. The van der Waals surface area contributed by atoms with Gasteiger partial charge in [-0.05, 0) is 12.8 Å². The minimum atomic E-state index is -2.43. The van der Waals surface area contributed by atoms with E-state index in [9.17, 15) is 0 Å². The van der Waals surface area contributed by atoms with E-state index in [0.29, 0.717) is 0 Å². The molecule has 0 N–H and O–H groups in total. The Morgan fingerprint density at radius 2 is 0.476 bits per heavy atom. The van der Waals surface area contributed by atoms with Crippen molar-refractivity contribution in [1.82, 2.24) is 0 Å². The maximum atomic E-state index is 5.40. The van der Waals surface area contributed by atoms with Gasteiger partial charge in [-0.15, -0.1) is 0 Å². The van der Waals surface area contributed by atoms with Gasteiger partial charge in [0.25, 0.3) is 0 Å². The maximum absolute atomic E-state index is 5.40. The maximum Gasteiger partial charge on any atom is 0.501 e. The lowest BCUT2D eigenvalue weighted by atomic mass is 10.6. The van der Waals surface area contributed by atoms with Crippen LogP contribution in [-0.4, -0.2) is 144 Å². The van der Waals surface area contributed by atoms with E-state index in [1.807, 2.05) is 21.6 Å². The zero-order valence-corrected chi connectivity index (χ0v) is 34.9. The minimum absolute atomic E-state index is 0.787. The summed E-state index contributed by atoms with van der Waals surface area (Å²) in [6, 6.07) is 3.26. The van der Waals surface area contributed by atoms with E-state index in [1.165, 1.54) is 0 Å². The summed E-state index contributed by atoms with van der Waals surface area (Å²) in [5.74, 6) is 3.93. The van der Waals surface area contributed by atoms with Crippen molar-refractivity contribution in [2.24, 2.45) is 0 Å². The van der Waals surface area contributed by atoms with Crippen LogP contribution in [0.5, 0.6) is 0 Å². The van der Waals surface area contributed by atoms with Crippen LogP contribution in [-0.2, 0) is 53.1 Å². The van der Waals surface area contributed by atoms with E-state index in [2.05, 4.69) is 0 Å². The van der Waals surface area contributed by atoms with Gasteiger partial charge in [0.2, 0.25) is 0 Å². The Hall–Kier alpha value is 1.79. The average Bonchev–Trinajstić information content (AvgIpc) is 3.05. The molecule has 0 amide bonds. The van der Waals surface area contributed by atoms with Crippen LogP contribution in [0.1, 0.15) is 12.8 Å². The van der Waals surface area contributed by atoms with Crippen molar-refractivity contribution in [1.29, 1.82) is 0 Å². The zero-order valence-electron chi connectivity index (χ0n) is 27.6. The first-order chi connectivity index (χ1) is 20.1. The third kappa shape index (κ3) is 18.2. The molecular weight excluding hydrogens is 697 g/mol. The molecule has 0 aromatic rings. The average molecular weight is 753 g/mol. The Morgan fingerprint density at radius 1 is 0.286 bits per heavy atom. The van der Waals surface area contributed by atoms with Gasteiger partial charge in [0.05, 0.1) is 0 Å². The fourth-order valence-corrected chi connectivity index (χ4v) is 17.0. The molecule has 0 radical (unpaired) electrons. The number of hydrogen-bond donors (Lipinski definition) is 0. The number of rotatable bonds is 28. The van der Waals surface area contributed by atoms with Crippen LogP contribution in [0.15, 0.2) is 0 Å². The topological polar surface area (TPSA) is 111 Å². The Bertz CT molecular complexity index is 527. The Labute approximate surface area is 275 Å². The highest BCUT2D eigenvalue weighted by Crippen LogP contribution is 2.29. The molecule has 0 fully saturated rings. The molecule has 256 valence electrons. The van der Waals surface area contributed by atoms with Crippen molar-refractivity contribution >= 4 is 78.4 Å². The van der Waals surface area contributed by atoms with Gasteiger partial charge in [0, 0.05) is 133 Å². The second-order valence-electron chi connectivity index (χ2n) is 8.18. The summed E-state index contributed by atoms with van der Waals surface area (Å²) in [4.78, 5) is 0. The normalized spacial score (nSPS) is 12.9. The smallest absolute Gasteiger partial charge is 0.377 e. The summed E-state index contributed by atoms with van der Waals surface area (Å²) < 4.78 is 64.6. The monoisotopic (exact) mass is 752 g/mol. The summed E-state index contributed by atoms with van der Waals surface area (Å²) in [6.07, 6.45) is 2.04. The summed E-state index contributed by atoms with van der Waals surface area (Å²) in [5.41, 5.74) is 0. The van der Waals surface area contributed by atoms with Crippen LogP contribution < -0.4 is 0 Å². The molecule has 20 heteroatoms. The van der Waals surface area contributed by atoms with Gasteiger partial charge in [-0.2, -0.15) is 0 Å². The van der Waals surface area contributed by atoms with Crippen molar-refractivity contribution in [2.75, 3.05) is 108 Å². The molecule has 0 spiro atoms. The lowest BCUT2D eigenvalue weighted by Gasteiger charge is -2.24. The molecule has 0 unspecified atom stereocenters. The molecule has 0 bridgehead atoms. The van der Waals surface area contributed by atoms with E-state index < -0.39 is 35.2 Å². The molecule has 0 atom stereocenters. The summed E-state index contributed by atoms with van der Waals surface area (Å²) in [7, 11) is 17.3. The van der Waals surface area contributed by atoms with E-state index in [4.69, 9.17) is 53.1 Å². The molecule has 0 saturated carbocycles. The molecule has 0 aliphatic carbocycles. The fraction of sp³-hybridized carbons (Fsp3) is 1.00. The van der Waals surface area contributed by atoms with Gasteiger partial charge in [-0.3, -0.25) is 0 Å². The van der Waals surface area contributed by atoms with Crippen LogP contribution in [0.2, 0.25) is 24.2 Å². The Balaban J connectivity index is 0. The van der Waals surface area contributed by atoms with Crippen LogP contribution >= 0.6 is 43.2 Å². The van der Waals surface area contributed by atoms with Gasteiger partial charge in [-0.1, -0.05) is 43.2 Å². The standard InChI is InChI=1S/C12H30O6S2Si2.C10H26O6S2Si2/c1-13-21(14-2,15-3)11-7-9-19-20-10-8-12-22(16-4,17-5)18-6;1-11-19(12-2,13-3)9-7-17-18-8-10-20(14-4,15-5)16-6/h7-12H2,1-6H3;7-10H2,1-6H3. The SMILES string of the molecule is CO[Si](CCCSSCCC[Si](OC)(OC)OC)(OC)OC.CO[Si](CCSSCC[Si](OC)(OC)OC)(OC)OC. The minimum Gasteiger partial charge on any atom is -0.377 e. The molecule has 0 aromatic heterocycles. The van der Waals surface area contributed by atoms with E-state index in [0.717, 1.165) is 60.0 Å². The summed E-state index contributed by atoms with van der Waals surface area (Å²) in [6.45, 7) is 0.